The van der Waals surface area contributed by atoms with Gasteiger partial charge in [-0.1, -0.05) is 29.8 Å². The average Bonchev–Trinajstić information content (AvgIpc) is 2.88. The van der Waals surface area contributed by atoms with Crippen LogP contribution in [0.4, 0.5) is 4.39 Å². The minimum Gasteiger partial charge on any atom is -0.271 e. The molecule has 1 unspecified atom stereocenters. The predicted molar refractivity (Wildman–Crippen MR) is 74.1 cm³/mol. The Morgan fingerprint density at radius 2 is 2.17 bits per heavy atom. The SMILES string of the molecule is NNC(CCc1cccs1)c1cccc(Cl)c1F. The summed E-state index contributed by atoms with van der Waals surface area (Å²) in [5.41, 5.74) is 3.17. The van der Waals surface area contributed by atoms with Crippen LogP contribution in [-0.2, 0) is 6.42 Å². The number of halogens is 2. The number of hydrogen-bond donors (Lipinski definition) is 2. The topological polar surface area (TPSA) is 38.0 Å². The first kappa shape index (κ1) is 13.5. The Morgan fingerprint density at radius 3 is 2.83 bits per heavy atom. The lowest BCUT2D eigenvalue weighted by molar-refractivity contribution is 0.487. The maximum absolute atomic E-state index is 13.9. The van der Waals surface area contributed by atoms with Crippen molar-refractivity contribution >= 4 is 22.9 Å². The molecular formula is C13H14ClFN2S. The largest absolute Gasteiger partial charge is 0.271 e. The fraction of sp³-hybridized carbons (Fsp3) is 0.231. The third-order valence-corrected chi connectivity index (χ3v) is 4.05. The van der Waals surface area contributed by atoms with E-state index in [0.717, 1.165) is 12.8 Å². The van der Waals surface area contributed by atoms with Crippen LogP contribution in [0.1, 0.15) is 22.9 Å². The first-order chi connectivity index (χ1) is 8.72. The van der Waals surface area contributed by atoms with Crippen LogP contribution in [0.25, 0.3) is 0 Å². The van der Waals surface area contributed by atoms with Crippen LogP contribution in [0.15, 0.2) is 35.7 Å². The maximum Gasteiger partial charge on any atom is 0.146 e. The Kier molecular flexibility index (Phi) is 4.72. The van der Waals surface area contributed by atoms with E-state index in [1.165, 1.54) is 10.9 Å². The lowest BCUT2D eigenvalue weighted by atomic mass is 10.0. The summed E-state index contributed by atoms with van der Waals surface area (Å²) in [6.07, 6.45) is 1.59. The molecule has 0 saturated carbocycles. The predicted octanol–water partition coefficient (Wildman–Crippen LogP) is 3.68. The summed E-state index contributed by atoms with van der Waals surface area (Å²) in [7, 11) is 0. The summed E-state index contributed by atoms with van der Waals surface area (Å²) >= 11 is 7.46. The van der Waals surface area contributed by atoms with Gasteiger partial charge in [0, 0.05) is 16.5 Å². The average molecular weight is 285 g/mol. The molecule has 0 bridgehead atoms. The molecule has 1 aromatic heterocycles. The van der Waals surface area contributed by atoms with Crippen molar-refractivity contribution in [1.29, 1.82) is 0 Å². The molecule has 3 N–H and O–H groups in total. The quantitative estimate of drug-likeness (QED) is 0.649. The van der Waals surface area contributed by atoms with E-state index < -0.39 is 5.82 Å². The summed E-state index contributed by atoms with van der Waals surface area (Å²) in [4.78, 5) is 1.26. The van der Waals surface area contributed by atoms with Gasteiger partial charge in [-0.2, -0.15) is 0 Å². The van der Waals surface area contributed by atoms with E-state index in [2.05, 4.69) is 11.5 Å². The van der Waals surface area contributed by atoms with Crippen LogP contribution < -0.4 is 11.3 Å². The van der Waals surface area contributed by atoms with E-state index >= 15 is 0 Å². The Morgan fingerprint density at radius 1 is 1.33 bits per heavy atom. The van der Waals surface area contributed by atoms with E-state index in [1.54, 1.807) is 23.5 Å². The van der Waals surface area contributed by atoms with E-state index in [1.807, 2.05) is 11.4 Å². The van der Waals surface area contributed by atoms with Crippen molar-refractivity contribution in [2.24, 2.45) is 5.84 Å². The number of aryl methyl sites for hydroxylation is 1. The first-order valence-electron chi connectivity index (χ1n) is 5.64. The Hall–Kier alpha value is -0.940. The summed E-state index contributed by atoms with van der Waals surface area (Å²) < 4.78 is 13.9. The van der Waals surface area contributed by atoms with Gasteiger partial charge in [0.05, 0.1) is 5.02 Å². The number of hydrazine groups is 1. The zero-order valence-electron chi connectivity index (χ0n) is 9.70. The Labute approximate surface area is 115 Å². The molecule has 0 spiro atoms. The highest BCUT2D eigenvalue weighted by Gasteiger charge is 2.16. The molecule has 18 heavy (non-hydrogen) atoms. The molecule has 0 aliphatic heterocycles. The van der Waals surface area contributed by atoms with Gasteiger partial charge in [0.15, 0.2) is 0 Å². The van der Waals surface area contributed by atoms with Gasteiger partial charge in [-0.15, -0.1) is 11.3 Å². The van der Waals surface area contributed by atoms with Gasteiger partial charge >= 0.3 is 0 Å². The standard InChI is InChI=1S/C13H14ClFN2S/c14-11-5-1-4-10(13(11)15)12(17-16)7-6-9-3-2-8-18-9/h1-5,8,12,17H,6-7,16H2. The maximum atomic E-state index is 13.9. The van der Waals surface area contributed by atoms with Gasteiger partial charge in [0.2, 0.25) is 0 Å². The van der Waals surface area contributed by atoms with E-state index in [-0.39, 0.29) is 11.1 Å². The molecule has 0 radical (unpaired) electrons. The van der Waals surface area contributed by atoms with E-state index in [9.17, 15) is 4.39 Å². The van der Waals surface area contributed by atoms with E-state index in [0.29, 0.717) is 5.56 Å². The minimum absolute atomic E-state index is 0.129. The van der Waals surface area contributed by atoms with Crippen molar-refractivity contribution in [3.63, 3.8) is 0 Å². The van der Waals surface area contributed by atoms with Gasteiger partial charge < -0.3 is 0 Å². The van der Waals surface area contributed by atoms with Crippen molar-refractivity contribution in [1.82, 2.24) is 5.43 Å². The molecule has 2 nitrogen and oxygen atoms in total. The molecule has 0 saturated heterocycles. The molecule has 1 aromatic carbocycles. The molecule has 5 heteroatoms. The molecular weight excluding hydrogens is 271 g/mol. The molecule has 0 aliphatic carbocycles. The lowest BCUT2D eigenvalue weighted by Crippen LogP contribution is -2.29. The smallest absolute Gasteiger partial charge is 0.146 e. The Bertz CT molecular complexity index is 502. The second kappa shape index (κ2) is 6.29. The molecule has 1 heterocycles. The molecule has 2 rings (SSSR count). The van der Waals surface area contributed by atoms with E-state index in [4.69, 9.17) is 17.4 Å². The molecule has 1 atom stereocenters. The van der Waals surface area contributed by atoms with Gasteiger partial charge in [0.1, 0.15) is 5.82 Å². The minimum atomic E-state index is -0.395. The fourth-order valence-corrected chi connectivity index (χ4v) is 2.77. The Balaban J connectivity index is 2.10. The van der Waals surface area contributed by atoms with Crippen molar-refractivity contribution in [3.05, 3.63) is 57.0 Å². The molecule has 0 amide bonds. The second-order valence-corrected chi connectivity index (χ2v) is 5.42. The van der Waals surface area contributed by atoms with Crippen LogP contribution in [0.2, 0.25) is 5.02 Å². The summed E-state index contributed by atoms with van der Waals surface area (Å²) in [5.74, 6) is 5.11. The van der Waals surface area contributed by atoms with Crippen LogP contribution in [0.3, 0.4) is 0 Å². The molecule has 0 fully saturated rings. The molecule has 96 valence electrons. The number of nitrogens with one attached hydrogen (secondary N) is 1. The van der Waals surface area contributed by atoms with Gasteiger partial charge in [-0.3, -0.25) is 11.3 Å². The second-order valence-electron chi connectivity index (χ2n) is 3.98. The third-order valence-electron chi connectivity index (χ3n) is 2.82. The van der Waals surface area contributed by atoms with Crippen molar-refractivity contribution in [2.75, 3.05) is 0 Å². The highest BCUT2D eigenvalue weighted by molar-refractivity contribution is 7.09. The number of benzene rings is 1. The lowest BCUT2D eigenvalue weighted by Gasteiger charge is -2.17. The number of thiophene rings is 1. The third kappa shape index (κ3) is 3.09. The zero-order valence-corrected chi connectivity index (χ0v) is 11.3. The van der Waals surface area contributed by atoms with Crippen molar-refractivity contribution in [2.45, 2.75) is 18.9 Å². The zero-order chi connectivity index (χ0) is 13.0. The van der Waals surface area contributed by atoms with Crippen LogP contribution in [-0.4, -0.2) is 0 Å². The first-order valence-corrected chi connectivity index (χ1v) is 6.90. The summed E-state index contributed by atoms with van der Waals surface area (Å²) in [6, 6.07) is 8.81. The normalized spacial score (nSPS) is 12.6. The van der Waals surface area contributed by atoms with Gasteiger partial charge in [-0.05, 0) is 30.4 Å². The molecule has 0 aliphatic rings. The summed E-state index contributed by atoms with van der Waals surface area (Å²) in [5, 5.41) is 2.16. The van der Waals surface area contributed by atoms with Crippen molar-refractivity contribution < 1.29 is 4.39 Å². The highest BCUT2D eigenvalue weighted by Crippen LogP contribution is 2.26. The monoisotopic (exact) mass is 284 g/mol. The van der Waals surface area contributed by atoms with Crippen LogP contribution >= 0.6 is 22.9 Å². The fourth-order valence-electron chi connectivity index (χ4n) is 1.86. The summed E-state index contributed by atoms with van der Waals surface area (Å²) in [6.45, 7) is 0. The van der Waals surface area contributed by atoms with Gasteiger partial charge in [0.25, 0.3) is 0 Å². The number of rotatable bonds is 5. The van der Waals surface area contributed by atoms with Gasteiger partial charge in [-0.25, -0.2) is 4.39 Å². The van der Waals surface area contributed by atoms with Crippen LogP contribution in [0, 0.1) is 5.82 Å². The number of hydrogen-bond acceptors (Lipinski definition) is 3. The highest BCUT2D eigenvalue weighted by atomic mass is 35.5. The van der Waals surface area contributed by atoms with Crippen LogP contribution in [0.5, 0.6) is 0 Å². The van der Waals surface area contributed by atoms with Crippen molar-refractivity contribution in [3.8, 4) is 0 Å². The number of nitrogens with two attached hydrogens (primary N) is 1. The molecule has 2 aromatic rings.